The number of benzene rings is 1. The van der Waals surface area contributed by atoms with E-state index in [2.05, 4.69) is 0 Å². The van der Waals surface area contributed by atoms with Gasteiger partial charge in [-0.2, -0.15) is 0 Å². The standard InChI is InChI=1S/C7H7N2O/c8-6-3-1-5(2-4-6)7(9)10/h1-4,9H,8H2. The van der Waals surface area contributed by atoms with Gasteiger partial charge in [-0.1, -0.05) is 0 Å². The Morgan fingerprint density at radius 3 is 2.20 bits per heavy atom. The van der Waals surface area contributed by atoms with Crippen molar-refractivity contribution in [2.75, 3.05) is 5.73 Å². The Morgan fingerprint density at radius 1 is 1.30 bits per heavy atom. The highest BCUT2D eigenvalue weighted by Gasteiger charge is 1.97. The third-order valence-electron chi connectivity index (χ3n) is 1.17. The predicted octanol–water partition coefficient (Wildman–Crippen LogP) is 0.692. The van der Waals surface area contributed by atoms with E-state index in [-0.39, 0.29) is 0 Å². The van der Waals surface area contributed by atoms with Crippen LogP contribution >= 0.6 is 0 Å². The molecule has 0 fully saturated rings. The number of nitrogen functional groups attached to an aromatic ring is 1. The number of rotatable bonds is 1. The number of anilines is 1. The monoisotopic (exact) mass is 135 g/mol. The molecular weight excluding hydrogens is 128 g/mol. The lowest BCUT2D eigenvalue weighted by Crippen LogP contribution is -1.98. The van der Waals surface area contributed by atoms with Gasteiger partial charge in [0.2, 0.25) is 0 Å². The van der Waals surface area contributed by atoms with Gasteiger partial charge in [-0.25, -0.2) is 0 Å². The first kappa shape index (κ1) is 6.61. The molecule has 1 rings (SSSR count). The lowest BCUT2D eigenvalue weighted by molar-refractivity contribution is 0.0992. The van der Waals surface area contributed by atoms with Crippen LogP contribution in [0.1, 0.15) is 10.4 Å². The van der Waals surface area contributed by atoms with Crippen LogP contribution in [0.25, 0.3) is 0 Å². The molecule has 3 nitrogen and oxygen atoms in total. The molecule has 10 heavy (non-hydrogen) atoms. The molecule has 0 aliphatic rings. The number of nitrogens with one attached hydrogen (secondary N) is 1. The molecule has 0 spiro atoms. The first-order valence-corrected chi connectivity index (χ1v) is 2.81. The molecule has 0 aromatic heterocycles. The van der Waals surface area contributed by atoms with Crippen LogP contribution in [0.3, 0.4) is 0 Å². The molecule has 1 radical (unpaired) electrons. The Hall–Kier alpha value is -1.51. The van der Waals surface area contributed by atoms with E-state index in [0.717, 1.165) is 0 Å². The third kappa shape index (κ3) is 1.25. The topological polar surface area (TPSA) is 66.9 Å². The molecule has 0 atom stereocenters. The van der Waals surface area contributed by atoms with E-state index in [9.17, 15) is 4.79 Å². The minimum atomic E-state index is -0.681. The highest BCUT2D eigenvalue weighted by molar-refractivity contribution is 5.92. The normalized spacial score (nSPS) is 9.20. The van der Waals surface area contributed by atoms with Crippen LogP contribution in [0.15, 0.2) is 24.3 Å². The minimum Gasteiger partial charge on any atom is -0.399 e. The largest absolute Gasteiger partial charge is 0.399 e. The maximum absolute atomic E-state index is 10.4. The summed E-state index contributed by atoms with van der Waals surface area (Å²) in [5.41, 5.74) is 13.0. The van der Waals surface area contributed by atoms with Crippen molar-refractivity contribution in [2.24, 2.45) is 0 Å². The maximum Gasteiger partial charge on any atom is 0.269 e. The molecule has 0 aliphatic carbocycles. The van der Waals surface area contributed by atoms with Gasteiger partial charge in [0.05, 0.1) is 0 Å². The zero-order valence-electron chi connectivity index (χ0n) is 5.29. The fourth-order valence-corrected chi connectivity index (χ4v) is 0.634. The second-order valence-corrected chi connectivity index (χ2v) is 1.95. The molecule has 51 valence electrons. The smallest absolute Gasteiger partial charge is 0.269 e. The molecule has 1 aromatic carbocycles. The summed E-state index contributed by atoms with van der Waals surface area (Å²) in [5, 5.41) is 0. The van der Waals surface area contributed by atoms with Crippen LogP contribution in [0.4, 0.5) is 5.69 Å². The van der Waals surface area contributed by atoms with Crippen LogP contribution in [0.5, 0.6) is 0 Å². The molecule has 0 bridgehead atoms. The Bertz CT molecular complexity index is 240. The summed E-state index contributed by atoms with van der Waals surface area (Å²) in [4.78, 5) is 10.4. The number of nitrogens with two attached hydrogens (primary N) is 1. The molecule has 0 saturated heterocycles. The van der Waals surface area contributed by atoms with Crippen LogP contribution < -0.4 is 11.5 Å². The Balaban J connectivity index is 3.00. The molecule has 0 saturated carbocycles. The Kier molecular flexibility index (Phi) is 1.58. The van der Waals surface area contributed by atoms with Crippen molar-refractivity contribution in [1.82, 2.24) is 5.73 Å². The fourth-order valence-electron chi connectivity index (χ4n) is 0.634. The second-order valence-electron chi connectivity index (χ2n) is 1.95. The Labute approximate surface area is 58.6 Å². The van der Waals surface area contributed by atoms with Gasteiger partial charge in [0, 0.05) is 11.3 Å². The van der Waals surface area contributed by atoms with Crippen molar-refractivity contribution in [3.63, 3.8) is 0 Å². The van der Waals surface area contributed by atoms with Crippen molar-refractivity contribution < 1.29 is 4.79 Å². The quantitative estimate of drug-likeness (QED) is 0.575. The van der Waals surface area contributed by atoms with Gasteiger partial charge in [0.15, 0.2) is 0 Å². The number of carbonyl (C=O) groups is 1. The summed E-state index contributed by atoms with van der Waals surface area (Å²) in [6.07, 6.45) is 0. The van der Waals surface area contributed by atoms with Gasteiger partial charge < -0.3 is 5.73 Å². The number of carbonyl (C=O) groups excluding carboxylic acids is 1. The van der Waals surface area contributed by atoms with Gasteiger partial charge in [-0.3, -0.25) is 10.5 Å². The van der Waals surface area contributed by atoms with E-state index < -0.39 is 5.91 Å². The average molecular weight is 135 g/mol. The van der Waals surface area contributed by atoms with E-state index in [1.54, 1.807) is 12.1 Å². The zero-order valence-corrected chi connectivity index (χ0v) is 5.29. The molecular formula is C7H7N2O. The van der Waals surface area contributed by atoms with Gasteiger partial charge in [-0.15, -0.1) is 0 Å². The summed E-state index contributed by atoms with van der Waals surface area (Å²) in [7, 11) is 0. The number of hydrogen-bond acceptors (Lipinski definition) is 2. The van der Waals surface area contributed by atoms with Gasteiger partial charge >= 0.3 is 0 Å². The Morgan fingerprint density at radius 2 is 1.80 bits per heavy atom. The highest BCUT2D eigenvalue weighted by Crippen LogP contribution is 2.04. The SMILES string of the molecule is [NH]C(=O)c1ccc(N)cc1. The molecule has 0 unspecified atom stereocenters. The van der Waals surface area contributed by atoms with Gasteiger partial charge in [-0.05, 0) is 24.3 Å². The van der Waals surface area contributed by atoms with Crippen LogP contribution in [-0.2, 0) is 0 Å². The lowest BCUT2D eigenvalue weighted by Gasteiger charge is -1.93. The molecule has 3 heteroatoms. The second kappa shape index (κ2) is 2.39. The van der Waals surface area contributed by atoms with E-state index in [1.165, 1.54) is 12.1 Å². The third-order valence-corrected chi connectivity index (χ3v) is 1.17. The summed E-state index contributed by atoms with van der Waals surface area (Å²) >= 11 is 0. The molecule has 1 amide bonds. The summed E-state index contributed by atoms with van der Waals surface area (Å²) in [5.74, 6) is -0.681. The van der Waals surface area contributed by atoms with Crippen molar-refractivity contribution in [1.29, 1.82) is 0 Å². The van der Waals surface area contributed by atoms with Gasteiger partial charge in [0.25, 0.3) is 5.91 Å². The van der Waals surface area contributed by atoms with E-state index in [0.29, 0.717) is 11.3 Å². The summed E-state index contributed by atoms with van der Waals surface area (Å²) in [6, 6.07) is 6.26. The first-order chi connectivity index (χ1) is 4.70. The molecule has 0 aliphatic heterocycles. The fraction of sp³-hybridized carbons (Fsp3) is 0. The maximum atomic E-state index is 10.4. The minimum absolute atomic E-state index is 0.370. The average Bonchev–Trinajstić information content (AvgIpc) is 1.88. The highest BCUT2D eigenvalue weighted by atomic mass is 16.1. The van der Waals surface area contributed by atoms with Gasteiger partial charge in [0.1, 0.15) is 0 Å². The van der Waals surface area contributed by atoms with E-state index in [1.807, 2.05) is 0 Å². The van der Waals surface area contributed by atoms with Crippen molar-refractivity contribution in [3.8, 4) is 0 Å². The van der Waals surface area contributed by atoms with Crippen molar-refractivity contribution in [3.05, 3.63) is 29.8 Å². The molecule has 3 N–H and O–H groups in total. The summed E-state index contributed by atoms with van der Waals surface area (Å²) in [6.45, 7) is 0. The van der Waals surface area contributed by atoms with E-state index in [4.69, 9.17) is 11.5 Å². The molecule has 0 heterocycles. The molecule has 1 aromatic rings. The van der Waals surface area contributed by atoms with Crippen LogP contribution in [-0.4, -0.2) is 5.91 Å². The predicted molar refractivity (Wildman–Crippen MR) is 38.3 cm³/mol. The lowest BCUT2D eigenvalue weighted by atomic mass is 10.2. The summed E-state index contributed by atoms with van der Waals surface area (Å²) < 4.78 is 0. The van der Waals surface area contributed by atoms with Crippen LogP contribution in [0, 0.1) is 0 Å². The number of amides is 1. The van der Waals surface area contributed by atoms with Crippen molar-refractivity contribution in [2.45, 2.75) is 0 Å². The zero-order chi connectivity index (χ0) is 7.56. The number of hydrogen-bond donors (Lipinski definition) is 1. The first-order valence-electron chi connectivity index (χ1n) is 2.81. The van der Waals surface area contributed by atoms with Crippen LogP contribution in [0.2, 0.25) is 0 Å². The van der Waals surface area contributed by atoms with Crippen molar-refractivity contribution >= 4 is 11.6 Å². The van der Waals surface area contributed by atoms with E-state index >= 15 is 0 Å².